The van der Waals surface area contributed by atoms with E-state index in [0.717, 1.165) is 28.8 Å². The van der Waals surface area contributed by atoms with Gasteiger partial charge in [-0.05, 0) is 50.0 Å². The van der Waals surface area contributed by atoms with Gasteiger partial charge in [-0.3, -0.25) is 5.32 Å². The zero-order chi connectivity index (χ0) is 19.6. The molecule has 1 aliphatic rings. The average Bonchev–Trinajstić information content (AvgIpc) is 2.76. The van der Waals surface area contributed by atoms with E-state index in [1.165, 1.54) is 11.1 Å². The minimum Gasteiger partial charge on any atom is -0.388 e. The van der Waals surface area contributed by atoms with Crippen LogP contribution in [0.3, 0.4) is 0 Å². The van der Waals surface area contributed by atoms with Crippen molar-refractivity contribution in [1.29, 1.82) is 0 Å². The Labute approximate surface area is 168 Å². The first-order valence-electron chi connectivity index (χ1n) is 9.52. The Morgan fingerprint density at radius 2 is 1.89 bits per heavy atom. The third kappa shape index (κ3) is 4.15. The first kappa shape index (κ1) is 19.8. The number of benzene rings is 2. The molecule has 2 aromatic rings. The summed E-state index contributed by atoms with van der Waals surface area (Å²) in [6.07, 6.45) is 0.938. The van der Waals surface area contributed by atoms with Crippen molar-refractivity contribution in [3.63, 3.8) is 0 Å². The van der Waals surface area contributed by atoms with E-state index in [1.54, 1.807) is 0 Å². The molecule has 2 aromatic carbocycles. The average molecular weight is 379 g/mol. The Balaban J connectivity index is 1.98. The van der Waals surface area contributed by atoms with Gasteiger partial charge in [0.2, 0.25) is 0 Å². The van der Waals surface area contributed by atoms with Crippen molar-refractivity contribution in [2.75, 3.05) is 12.4 Å². The maximum Gasteiger partial charge on any atom is 0.0516 e. The Morgan fingerprint density at radius 1 is 1.19 bits per heavy atom. The number of hydrogen-bond donors (Lipinski definition) is 2. The van der Waals surface area contributed by atoms with Gasteiger partial charge >= 0.3 is 0 Å². The summed E-state index contributed by atoms with van der Waals surface area (Å²) in [5.74, 6) is 0. The summed E-state index contributed by atoms with van der Waals surface area (Å²) in [5, 5.41) is 8.03. The molecule has 3 atom stereocenters. The number of nitrogens with one attached hydrogen (secondary N) is 2. The molecule has 1 saturated heterocycles. The highest BCUT2D eigenvalue weighted by Crippen LogP contribution is 2.40. The number of hydrogen-bond acceptors (Lipinski definition) is 3. The summed E-state index contributed by atoms with van der Waals surface area (Å²) in [7, 11) is 1.98. The minimum absolute atomic E-state index is 0.132. The van der Waals surface area contributed by atoms with Crippen LogP contribution in [0, 0.1) is 0 Å². The standard InChI is InChI=1S/C24H30N2S/c1-16-15-24(5,26-19(4)27-18(16)3)21-12-13-22(23(14-21)25-6)17(2)20-10-8-7-9-11-20/h7-14,18-19,25-26H,1-2,15H2,3-6H3/t18?,19?,24-/m0/s1. The van der Waals surface area contributed by atoms with E-state index < -0.39 is 0 Å². The Morgan fingerprint density at radius 3 is 2.56 bits per heavy atom. The summed E-state index contributed by atoms with van der Waals surface area (Å²) in [6.45, 7) is 15.5. The molecule has 27 heavy (non-hydrogen) atoms. The van der Waals surface area contributed by atoms with E-state index in [4.69, 9.17) is 0 Å². The molecule has 1 fully saturated rings. The predicted octanol–water partition coefficient (Wildman–Crippen LogP) is 6.02. The third-order valence-electron chi connectivity index (χ3n) is 5.46. The van der Waals surface area contributed by atoms with E-state index in [9.17, 15) is 0 Å². The summed E-state index contributed by atoms with van der Waals surface area (Å²) in [6, 6.07) is 17.0. The molecule has 1 aliphatic heterocycles. The Hall–Kier alpha value is -1.97. The van der Waals surface area contributed by atoms with Crippen LogP contribution < -0.4 is 10.6 Å². The zero-order valence-electron chi connectivity index (χ0n) is 16.8. The van der Waals surface area contributed by atoms with E-state index in [2.05, 4.69) is 87.0 Å². The fourth-order valence-corrected chi connectivity index (χ4v) is 5.09. The van der Waals surface area contributed by atoms with Crippen molar-refractivity contribution in [2.45, 2.75) is 43.4 Å². The van der Waals surface area contributed by atoms with Crippen LogP contribution in [0.15, 0.2) is 67.3 Å². The second-order valence-electron chi connectivity index (χ2n) is 7.59. The molecule has 3 heteroatoms. The van der Waals surface area contributed by atoms with E-state index in [0.29, 0.717) is 10.6 Å². The largest absolute Gasteiger partial charge is 0.388 e. The molecule has 0 aromatic heterocycles. The first-order valence-corrected chi connectivity index (χ1v) is 10.5. The van der Waals surface area contributed by atoms with Gasteiger partial charge in [0.15, 0.2) is 0 Å². The predicted molar refractivity (Wildman–Crippen MR) is 121 cm³/mol. The lowest BCUT2D eigenvalue weighted by molar-refractivity contribution is 0.364. The second-order valence-corrected chi connectivity index (χ2v) is 9.27. The maximum absolute atomic E-state index is 4.35. The quantitative estimate of drug-likeness (QED) is 0.636. The Bertz CT molecular complexity index is 843. The molecule has 0 aliphatic carbocycles. The summed E-state index contributed by atoms with van der Waals surface area (Å²) in [4.78, 5) is 0. The molecular weight excluding hydrogens is 348 g/mol. The van der Waals surface area contributed by atoms with Gasteiger partial charge in [0, 0.05) is 29.1 Å². The summed E-state index contributed by atoms with van der Waals surface area (Å²) >= 11 is 1.94. The van der Waals surface area contributed by atoms with Crippen molar-refractivity contribution in [3.05, 3.63) is 84.0 Å². The van der Waals surface area contributed by atoms with Crippen LogP contribution in [0.4, 0.5) is 5.69 Å². The van der Waals surface area contributed by atoms with Crippen LogP contribution in [-0.2, 0) is 5.54 Å². The lowest BCUT2D eigenvalue weighted by Gasteiger charge is -2.33. The van der Waals surface area contributed by atoms with Crippen LogP contribution in [-0.4, -0.2) is 17.7 Å². The topological polar surface area (TPSA) is 24.1 Å². The number of thioether (sulfide) groups is 1. The molecule has 142 valence electrons. The minimum atomic E-state index is -0.132. The maximum atomic E-state index is 4.35. The van der Waals surface area contributed by atoms with Gasteiger partial charge in [0.25, 0.3) is 0 Å². The van der Waals surface area contributed by atoms with Crippen LogP contribution in [0.1, 0.15) is 43.9 Å². The first-order chi connectivity index (χ1) is 12.8. The highest BCUT2D eigenvalue weighted by Gasteiger charge is 2.34. The number of rotatable bonds is 4. The highest BCUT2D eigenvalue weighted by molar-refractivity contribution is 8.00. The molecule has 1 heterocycles. The van der Waals surface area contributed by atoms with Crippen molar-refractivity contribution in [2.24, 2.45) is 0 Å². The highest BCUT2D eigenvalue weighted by atomic mass is 32.2. The van der Waals surface area contributed by atoms with Gasteiger partial charge in [-0.25, -0.2) is 0 Å². The van der Waals surface area contributed by atoms with Crippen LogP contribution in [0.2, 0.25) is 0 Å². The number of anilines is 1. The van der Waals surface area contributed by atoms with Crippen molar-refractivity contribution < 1.29 is 0 Å². The van der Waals surface area contributed by atoms with Crippen molar-refractivity contribution in [3.8, 4) is 0 Å². The van der Waals surface area contributed by atoms with Gasteiger partial charge in [-0.2, -0.15) is 0 Å². The fourth-order valence-electron chi connectivity index (χ4n) is 3.87. The van der Waals surface area contributed by atoms with Crippen LogP contribution in [0.5, 0.6) is 0 Å². The lowest BCUT2D eigenvalue weighted by Crippen LogP contribution is -2.42. The van der Waals surface area contributed by atoms with Gasteiger partial charge in [-0.15, -0.1) is 11.8 Å². The Kier molecular flexibility index (Phi) is 5.83. The normalized spacial score (nSPS) is 25.7. The van der Waals surface area contributed by atoms with Crippen molar-refractivity contribution in [1.82, 2.24) is 5.32 Å². The SMILES string of the molecule is C=C(c1ccccc1)c1ccc([C@]2(C)CC(=C)C(C)SC(C)N2)cc1NC. The van der Waals surface area contributed by atoms with Crippen LogP contribution >= 0.6 is 11.8 Å². The van der Waals surface area contributed by atoms with E-state index in [1.807, 2.05) is 24.9 Å². The van der Waals surface area contributed by atoms with E-state index in [-0.39, 0.29) is 5.54 Å². The molecule has 0 amide bonds. The molecule has 0 saturated carbocycles. The van der Waals surface area contributed by atoms with Gasteiger partial charge in [-0.1, -0.05) is 61.2 Å². The smallest absolute Gasteiger partial charge is 0.0516 e. The fraction of sp³-hybridized carbons (Fsp3) is 0.333. The second kappa shape index (κ2) is 7.95. The summed E-state index contributed by atoms with van der Waals surface area (Å²) < 4.78 is 0. The monoisotopic (exact) mass is 378 g/mol. The van der Waals surface area contributed by atoms with E-state index >= 15 is 0 Å². The van der Waals surface area contributed by atoms with Gasteiger partial charge in [0.1, 0.15) is 0 Å². The zero-order valence-corrected chi connectivity index (χ0v) is 17.6. The molecule has 0 bridgehead atoms. The molecule has 0 radical (unpaired) electrons. The van der Waals surface area contributed by atoms with Gasteiger partial charge in [0.05, 0.1) is 5.37 Å². The molecular formula is C24H30N2S. The van der Waals surface area contributed by atoms with Gasteiger partial charge < -0.3 is 5.32 Å². The van der Waals surface area contributed by atoms with Crippen LogP contribution in [0.25, 0.3) is 5.57 Å². The molecule has 3 rings (SSSR count). The molecule has 2 nitrogen and oxygen atoms in total. The lowest BCUT2D eigenvalue weighted by atomic mass is 9.83. The van der Waals surface area contributed by atoms with Crippen molar-refractivity contribution >= 4 is 23.0 Å². The molecule has 2 N–H and O–H groups in total. The third-order valence-corrected chi connectivity index (χ3v) is 6.73. The molecule has 0 spiro atoms. The summed E-state index contributed by atoms with van der Waals surface area (Å²) in [5.41, 5.74) is 6.86. The molecule has 2 unspecified atom stereocenters.